The van der Waals surface area contributed by atoms with Gasteiger partial charge in [0, 0.05) is 5.01 Å². The minimum Gasteiger partial charge on any atom is -0.498 e. The van der Waals surface area contributed by atoms with E-state index >= 15 is 0 Å². The van der Waals surface area contributed by atoms with Crippen molar-refractivity contribution >= 4 is 0 Å². The van der Waals surface area contributed by atoms with Crippen LogP contribution in [0.4, 0.5) is 0 Å². The Labute approximate surface area is 54.7 Å². The standard InChI is InChI=1S/C6H10N2O/c9-7-3-6-8-4-1-2-5-8/h1-2,4-6H2. The summed E-state index contributed by atoms with van der Waals surface area (Å²) in [5.41, 5.74) is 0. The van der Waals surface area contributed by atoms with E-state index in [9.17, 15) is 5.21 Å². The summed E-state index contributed by atoms with van der Waals surface area (Å²) in [6.07, 6.45) is 2.50. The minimum absolute atomic E-state index is 0.615. The molecule has 1 fully saturated rings. The Hall–Kier alpha value is -0.750. The summed E-state index contributed by atoms with van der Waals surface area (Å²) in [5.74, 6) is 0. The van der Waals surface area contributed by atoms with Crippen LogP contribution < -0.4 is 0 Å². The molecule has 0 N–H and O–H groups in total. The Bertz CT molecular complexity index is 130. The molecule has 0 saturated carbocycles. The highest BCUT2D eigenvalue weighted by Crippen LogP contribution is 2.05. The molecule has 0 amide bonds. The SMILES string of the molecule is [O-][N+]#CCN1CCCC1. The second-order valence-corrected chi connectivity index (χ2v) is 2.23. The van der Waals surface area contributed by atoms with Gasteiger partial charge in [0.1, 0.15) is 6.54 Å². The van der Waals surface area contributed by atoms with Crippen LogP contribution in [0.25, 0.3) is 5.01 Å². The summed E-state index contributed by atoms with van der Waals surface area (Å²) in [6, 6.07) is 2.39. The fourth-order valence-electron chi connectivity index (χ4n) is 1.07. The van der Waals surface area contributed by atoms with Crippen LogP contribution in [-0.2, 0) is 0 Å². The maximum Gasteiger partial charge on any atom is 0.314 e. The lowest BCUT2D eigenvalue weighted by atomic mass is 10.4. The van der Waals surface area contributed by atoms with Gasteiger partial charge in [0.25, 0.3) is 0 Å². The summed E-state index contributed by atoms with van der Waals surface area (Å²) < 4.78 is 0. The van der Waals surface area contributed by atoms with Gasteiger partial charge in [0.15, 0.2) is 0 Å². The van der Waals surface area contributed by atoms with Crippen LogP contribution in [0.2, 0.25) is 0 Å². The van der Waals surface area contributed by atoms with Crippen molar-refractivity contribution in [2.75, 3.05) is 19.6 Å². The summed E-state index contributed by atoms with van der Waals surface area (Å²) >= 11 is 0. The molecule has 0 aromatic carbocycles. The molecule has 0 aromatic heterocycles. The lowest BCUT2D eigenvalue weighted by Gasteiger charge is -2.04. The van der Waals surface area contributed by atoms with E-state index < -0.39 is 0 Å². The third-order valence-electron chi connectivity index (χ3n) is 1.56. The quantitative estimate of drug-likeness (QED) is 0.386. The molecule has 0 atom stereocenters. The van der Waals surface area contributed by atoms with Crippen molar-refractivity contribution in [1.29, 1.82) is 0 Å². The summed E-state index contributed by atoms with van der Waals surface area (Å²) in [5, 5.41) is 12.1. The molecule has 1 heterocycles. The topological polar surface area (TPSA) is 30.7 Å². The van der Waals surface area contributed by atoms with Crippen molar-refractivity contribution in [2.45, 2.75) is 12.8 Å². The largest absolute Gasteiger partial charge is 0.498 e. The van der Waals surface area contributed by atoms with E-state index in [0.29, 0.717) is 6.54 Å². The molecule has 1 rings (SSSR count). The van der Waals surface area contributed by atoms with Gasteiger partial charge in [-0.25, -0.2) is 0 Å². The van der Waals surface area contributed by atoms with Crippen molar-refractivity contribution in [2.24, 2.45) is 0 Å². The Kier molecular flexibility index (Phi) is 2.34. The summed E-state index contributed by atoms with van der Waals surface area (Å²) in [4.78, 5) is 2.17. The normalized spacial score (nSPS) is 19.1. The van der Waals surface area contributed by atoms with Crippen molar-refractivity contribution in [3.05, 3.63) is 10.2 Å². The monoisotopic (exact) mass is 126 g/mol. The maximum absolute atomic E-state index is 9.57. The first-order valence-corrected chi connectivity index (χ1v) is 3.21. The van der Waals surface area contributed by atoms with Gasteiger partial charge in [-0.3, -0.25) is 4.90 Å². The fraction of sp³-hybridized carbons (Fsp3) is 0.833. The zero-order valence-electron chi connectivity index (χ0n) is 5.34. The molecule has 1 saturated heterocycles. The van der Waals surface area contributed by atoms with Crippen LogP contribution in [0.1, 0.15) is 12.8 Å². The van der Waals surface area contributed by atoms with E-state index in [1.165, 1.54) is 12.8 Å². The Morgan fingerprint density at radius 1 is 1.44 bits per heavy atom. The summed E-state index contributed by atoms with van der Waals surface area (Å²) in [6.45, 7) is 2.81. The second kappa shape index (κ2) is 3.31. The average molecular weight is 126 g/mol. The molecule has 3 nitrogen and oxygen atoms in total. The van der Waals surface area contributed by atoms with Crippen LogP contribution in [0.5, 0.6) is 0 Å². The maximum atomic E-state index is 9.57. The summed E-state index contributed by atoms with van der Waals surface area (Å²) in [7, 11) is 0. The Balaban J connectivity index is 2.16. The van der Waals surface area contributed by atoms with Crippen molar-refractivity contribution in [3.8, 4) is 6.07 Å². The molecule has 0 unspecified atom stereocenters. The molecule has 0 aromatic rings. The van der Waals surface area contributed by atoms with Gasteiger partial charge < -0.3 is 5.21 Å². The lowest BCUT2D eigenvalue weighted by molar-refractivity contribution is 0.383. The fourth-order valence-corrected chi connectivity index (χ4v) is 1.07. The van der Waals surface area contributed by atoms with Gasteiger partial charge in [-0.05, 0) is 25.9 Å². The van der Waals surface area contributed by atoms with Gasteiger partial charge in [0.2, 0.25) is 0 Å². The van der Waals surface area contributed by atoms with E-state index in [-0.39, 0.29) is 0 Å². The van der Waals surface area contributed by atoms with E-state index in [2.05, 4.69) is 16.0 Å². The smallest absolute Gasteiger partial charge is 0.314 e. The van der Waals surface area contributed by atoms with Crippen LogP contribution >= 0.6 is 0 Å². The highest BCUT2D eigenvalue weighted by atomic mass is 16.4. The molecular weight excluding hydrogens is 116 g/mol. The highest BCUT2D eigenvalue weighted by Gasteiger charge is 2.10. The van der Waals surface area contributed by atoms with Crippen molar-refractivity contribution in [3.63, 3.8) is 0 Å². The second-order valence-electron chi connectivity index (χ2n) is 2.23. The van der Waals surface area contributed by atoms with Crippen molar-refractivity contribution < 1.29 is 0 Å². The molecule has 50 valence electrons. The minimum atomic E-state index is 0.615. The van der Waals surface area contributed by atoms with Gasteiger partial charge in [-0.1, -0.05) is 0 Å². The zero-order valence-corrected chi connectivity index (χ0v) is 5.34. The number of hydrogen-bond donors (Lipinski definition) is 0. The van der Waals surface area contributed by atoms with E-state index in [1.54, 1.807) is 0 Å². The van der Waals surface area contributed by atoms with Crippen LogP contribution in [0.3, 0.4) is 0 Å². The molecule has 0 radical (unpaired) electrons. The predicted molar refractivity (Wildman–Crippen MR) is 36.3 cm³/mol. The van der Waals surface area contributed by atoms with Crippen LogP contribution in [0.15, 0.2) is 0 Å². The molecular formula is C6H10N2O. The Morgan fingerprint density at radius 2 is 2.11 bits per heavy atom. The van der Waals surface area contributed by atoms with Crippen LogP contribution in [-0.4, -0.2) is 24.5 Å². The average Bonchev–Trinajstić information content (AvgIpc) is 2.34. The number of hydrogen-bond acceptors (Lipinski definition) is 2. The lowest BCUT2D eigenvalue weighted by Crippen LogP contribution is -2.18. The van der Waals surface area contributed by atoms with Crippen molar-refractivity contribution in [1.82, 2.24) is 4.90 Å². The van der Waals surface area contributed by atoms with E-state index in [4.69, 9.17) is 0 Å². The number of nitrogens with zero attached hydrogens (tertiary/aromatic N) is 2. The predicted octanol–water partition coefficient (Wildman–Crippen LogP) is 0.913. The molecule has 1 aliphatic rings. The van der Waals surface area contributed by atoms with E-state index in [0.717, 1.165) is 13.1 Å². The number of rotatable bonds is 1. The molecule has 0 spiro atoms. The molecule has 0 bridgehead atoms. The molecule has 0 aliphatic carbocycles. The molecule has 9 heavy (non-hydrogen) atoms. The first-order chi connectivity index (χ1) is 4.43. The molecule has 1 aliphatic heterocycles. The van der Waals surface area contributed by atoms with Crippen LogP contribution in [0, 0.1) is 11.3 Å². The van der Waals surface area contributed by atoms with E-state index in [1.807, 2.05) is 0 Å². The Morgan fingerprint density at radius 3 is 2.67 bits per heavy atom. The third-order valence-corrected chi connectivity index (χ3v) is 1.56. The number of likely N-dealkylation sites (tertiary alicyclic amines) is 1. The highest BCUT2D eigenvalue weighted by molar-refractivity contribution is 4.91. The van der Waals surface area contributed by atoms with Gasteiger partial charge in [0.05, 0.1) is 0 Å². The third kappa shape index (κ3) is 1.90. The first kappa shape index (κ1) is 6.37. The van der Waals surface area contributed by atoms with Gasteiger partial charge in [-0.2, -0.15) is 0 Å². The van der Waals surface area contributed by atoms with Gasteiger partial charge in [-0.15, -0.1) is 0 Å². The first-order valence-electron chi connectivity index (χ1n) is 3.21. The zero-order chi connectivity index (χ0) is 6.53. The molecule has 3 heteroatoms. The van der Waals surface area contributed by atoms with Gasteiger partial charge >= 0.3 is 6.07 Å².